The number of halogens is 2. The molecule has 2 aliphatic rings. The van der Waals surface area contributed by atoms with Crippen LogP contribution >= 0.6 is 0 Å². The first-order chi connectivity index (χ1) is 12.4. The minimum atomic E-state index is -3.65. The Labute approximate surface area is 150 Å². The largest absolute Gasteiger partial charge is 0.454 e. The molecule has 0 N–H and O–H groups in total. The van der Waals surface area contributed by atoms with E-state index in [-0.39, 0.29) is 18.3 Å². The first kappa shape index (κ1) is 17.2. The molecule has 0 amide bonds. The molecule has 26 heavy (non-hydrogen) atoms. The van der Waals surface area contributed by atoms with E-state index >= 15 is 0 Å². The van der Waals surface area contributed by atoms with Crippen LogP contribution in [-0.4, -0.2) is 32.6 Å². The third-order valence-corrected chi connectivity index (χ3v) is 6.50. The predicted octanol–water partition coefficient (Wildman–Crippen LogP) is 3.01. The van der Waals surface area contributed by atoms with Gasteiger partial charge in [0.2, 0.25) is 16.8 Å². The van der Waals surface area contributed by atoms with Crippen LogP contribution in [0.3, 0.4) is 0 Å². The lowest BCUT2D eigenvalue weighted by atomic mass is 9.98. The Morgan fingerprint density at radius 3 is 2.54 bits per heavy atom. The van der Waals surface area contributed by atoms with Crippen molar-refractivity contribution >= 4 is 10.0 Å². The van der Waals surface area contributed by atoms with Crippen molar-refractivity contribution in [3.63, 3.8) is 0 Å². The van der Waals surface area contributed by atoms with E-state index in [0.717, 1.165) is 23.8 Å². The molecule has 0 aliphatic carbocycles. The van der Waals surface area contributed by atoms with Gasteiger partial charge in [0.05, 0.1) is 5.75 Å². The normalized spacial score (nSPS) is 19.8. The van der Waals surface area contributed by atoms with E-state index in [9.17, 15) is 17.2 Å². The van der Waals surface area contributed by atoms with Gasteiger partial charge < -0.3 is 9.47 Å². The van der Waals surface area contributed by atoms with E-state index in [1.165, 1.54) is 4.31 Å². The number of hydrogen-bond acceptors (Lipinski definition) is 4. The number of ether oxygens (including phenoxy) is 2. The monoisotopic (exact) mass is 381 g/mol. The van der Waals surface area contributed by atoms with Crippen LogP contribution in [0.4, 0.5) is 8.78 Å². The maximum absolute atomic E-state index is 13.3. The summed E-state index contributed by atoms with van der Waals surface area (Å²) in [5.41, 5.74) is 1.10. The molecule has 1 unspecified atom stereocenters. The zero-order valence-electron chi connectivity index (χ0n) is 13.8. The quantitative estimate of drug-likeness (QED) is 0.817. The average Bonchev–Trinajstić information content (AvgIpc) is 3.22. The molecule has 0 bridgehead atoms. The van der Waals surface area contributed by atoms with E-state index in [2.05, 4.69) is 0 Å². The van der Waals surface area contributed by atoms with Crippen molar-refractivity contribution in [1.82, 2.24) is 4.31 Å². The summed E-state index contributed by atoms with van der Waals surface area (Å²) in [5.74, 6) is -0.591. The minimum Gasteiger partial charge on any atom is -0.454 e. The molecule has 2 heterocycles. The molecule has 8 heteroatoms. The van der Waals surface area contributed by atoms with Gasteiger partial charge >= 0.3 is 0 Å². The van der Waals surface area contributed by atoms with E-state index in [1.54, 1.807) is 0 Å². The summed E-state index contributed by atoms with van der Waals surface area (Å²) < 4.78 is 63.9. The Kier molecular flexibility index (Phi) is 4.32. The van der Waals surface area contributed by atoms with Crippen molar-refractivity contribution in [2.45, 2.75) is 18.1 Å². The second kappa shape index (κ2) is 6.51. The molecule has 2 aromatic carbocycles. The Morgan fingerprint density at radius 1 is 1.04 bits per heavy atom. The van der Waals surface area contributed by atoms with E-state index in [0.29, 0.717) is 31.0 Å². The SMILES string of the molecule is O=S(=O)(Cc1cc(F)cc(F)c1)N1CCC(c2ccc3c(c2)OCO3)C1. The van der Waals surface area contributed by atoms with E-state index in [1.807, 2.05) is 18.2 Å². The number of benzene rings is 2. The fourth-order valence-electron chi connectivity index (χ4n) is 3.42. The van der Waals surface area contributed by atoms with E-state index in [4.69, 9.17) is 9.47 Å². The van der Waals surface area contributed by atoms with Crippen LogP contribution < -0.4 is 9.47 Å². The van der Waals surface area contributed by atoms with Gasteiger partial charge in [0.15, 0.2) is 11.5 Å². The molecule has 0 saturated carbocycles. The predicted molar refractivity (Wildman–Crippen MR) is 90.5 cm³/mol. The number of rotatable bonds is 4. The molecular weight excluding hydrogens is 364 g/mol. The molecule has 0 spiro atoms. The molecule has 2 aromatic rings. The first-order valence-corrected chi connectivity index (χ1v) is 9.84. The maximum Gasteiger partial charge on any atom is 0.231 e. The lowest BCUT2D eigenvalue weighted by Gasteiger charge is -2.17. The topological polar surface area (TPSA) is 55.8 Å². The van der Waals surface area contributed by atoms with Gasteiger partial charge in [-0.05, 0) is 47.7 Å². The summed E-state index contributed by atoms with van der Waals surface area (Å²) in [6.07, 6.45) is 0.677. The van der Waals surface area contributed by atoms with Gasteiger partial charge in [-0.25, -0.2) is 21.5 Å². The summed E-state index contributed by atoms with van der Waals surface area (Å²) in [6.45, 7) is 0.896. The summed E-state index contributed by atoms with van der Waals surface area (Å²) in [7, 11) is -3.65. The van der Waals surface area contributed by atoms with Gasteiger partial charge in [0, 0.05) is 19.2 Å². The third-order valence-electron chi connectivity index (χ3n) is 4.68. The van der Waals surface area contributed by atoms with Gasteiger partial charge in [0.25, 0.3) is 0 Å². The number of hydrogen-bond donors (Lipinski definition) is 0. The third kappa shape index (κ3) is 3.39. The minimum absolute atomic E-state index is 0.0449. The molecule has 0 radical (unpaired) electrons. The van der Waals surface area contributed by atoms with Gasteiger partial charge in [0.1, 0.15) is 11.6 Å². The first-order valence-electron chi connectivity index (χ1n) is 8.23. The Balaban J connectivity index is 1.48. The molecule has 0 aromatic heterocycles. The van der Waals surface area contributed by atoms with Gasteiger partial charge in [-0.1, -0.05) is 6.07 Å². The number of sulfonamides is 1. The molecule has 1 saturated heterocycles. The highest BCUT2D eigenvalue weighted by Crippen LogP contribution is 2.37. The zero-order chi connectivity index (χ0) is 18.3. The van der Waals surface area contributed by atoms with E-state index < -0.39 is 27.4 Å². The summed E-state index contributed by atoms with van der Waals surface area (Å²) >= 11 is 0. The smallest absolute Gasteiger partial charge is 0.231 e. The molecule has 4 rings (SSSR count). The lowest BCUT2D eigenvalue weighted by Crippen LogP contribution is -2.29. The highest BCUT2D eigenvalue weighted by molar-refractivity contribution is 7.88. The average molecular weight is 381 g/mol. The van der Waals surface area contributed by atoms with Crippen molar-refractivity contribution in [3.05, 3.63) is 59.2 Å². The summed E-state index contributed by atoms with van der Waals surface area (Å²) in [5, 5.41) is 0. The van der Waals surface area contributed by atoms with Crippen LogP contribution in [0.1, 0.15) is 23.5 Å². The highest BCUT2D eigenvalue weighted by Gasteiger charge is 2.33. The molecule has 5 nitrogen and oxygen atoms in total. The lowest BCUT2D eigenvalue weighted by molar-refractivity contribution is 0.174. The second-order valence-electron chi connectivity index (χ2n) is 6.49. The fourth-order valence-corrected chi connectivity index (χ4v) is 4.98. The summed E-state index contributed by atoms with van der Waals surface area (Å²) in [6, 6.07) is 8.44. The second-order valence-corrected chi connectivity index (χ2v) is 8.46. The Hall–Kier alpha value is -2.19. The van der Waals surface area contributed by atoms with Crippen LogP contribution in [0.25, 0.3) is 0 Å². The van der Waals surface area contributed by atoms with Crippen LogP contribution in [0.2, 0.25) is 0 Å². The van der Waals surface area contributed by atoms with Crippen LogP contribution in [-0.2, 0) is 15.8 Å². The molecule has 1 atom stereocenters. The molecule has 1 fully saturated rings. The fraction of sp³-hybridized carbons (Fsp3) is 0.333. The number of fused-ring (bicyclic) bond motifs is 1. The Bertz CT molecular complexity index is 928. The van der Waals surface area contributed by atoms with Gasteiger partial charge in [-0.15, -0.1) is 0 Å². The zero-order valence-corrected chi connectivity index (χ0v) is 14.6. The van der Waals surface area contributed by atoms with Crippen molar-refractivity contribution in [2.24, 2.45) is 0 Å². The van der Waals surface area contributed by atoms with Crippen molar-refractivity contribution in [2.75, 3.05) is 19.9 Å². The van der Waals surface area contributed by atoms with Crippen molar-refractivity contribution < 1.29 is 26.7 Å². The van der Waals surface area contributed by atoms with Gasteiger partial charge in [-0.3, -0.25) is 0 Å². The molecule has 138 valence electrons. The highest BCUT2D eigenvalue weighted by atomic mass is 32.2. The van der Waals surface area contributed by atoms with Crippen molar-refractivity contribution in [3.8, 4) is 11.5 Å². The summed E-state index contributed by atoms with van der Waals surface area (Å²) in [4.78, 5) is 0. The van der Waals surface area contributed by atoms with Gasteiger partial charge in [-0.2, -0.15) is 0 Å². The molecule has 2 aliphatic heterocycles. The maximum atomic E-state index is 13.3. The standard InChI is InChI=1S/C18H17F2NO4S/c19-15-5-12(6-16(20)8-15)10-26(22,23)21-4-3-14(9-21)13-1-2-17-18(7-13)25-11-24-17/h1-2,5-8,14H,3-4,9-11H2. The van der Waals surface area contributed by atoms with Crippen LogP contribution in [0.5, 0.6) is 11.5 Å². The van der Waals surface area contributed by atoms with Crippen LogP contribution in [0, 0.1) is 11.6 Å². The van der Waals surface area contributed by atoms with Crippen LogP contribution in [0.15, 0.2) is 36.4 Å². The Morgan fingerprint density at radius 2 is 1.77 bits per heavy atom. The van der Waals surface area contributed by atoms with Crippen molar-refractivity contribution in [1.29, 1.82) is 0 Å². The molecular formula is C18H17F2NO4S. The number of nitrogens with zero attached hydrogens (tertiary/aromatic N) is 1.